The molecule has 1 aliphatic carbocycles. The molecule has 0 saturated heterocycles. The molecular weight excluding hydrogens is 168 g/mol. The minimum absolute atomic E-state index is 0.430. The number of nitrogens with zero attached hydrogens (tertiary/aromatic N) is 1. The van der Waals surface area contributed by atoms with Crippen LogP contribution in [0, 0.1) is 0 Å². The first-order chi connectivity index (χ1) is 6.19. The van der Waals surface area contributed by atoms with Crippen LogP contribution in [0.1, 0.15) is 19.8 Å². The van der Waals surface area contributed by atoms with Crippen LogP contribution in [0.25, 0.3) is 0 Å². The molecule has 1 fully saturated rings. The number of hydrogen-bond acceptors (Lipinski definition) is 3. The van der Waals surface area contributed by atoms with Gasteiger partial charge in [-0.1, -0.05) is 6.92 Å². The highest BCUT2D eigenvalue weighted by atomic mass is 16.4. The zero-order valence-corrected chi connectivity index (χ0v) is 8.29. The van der Waals surface area contributed by atoms with Crippen LogP contribution in [0.5, 0.6) is 0 Å². The molecule has 1 atom stereocenters. The van der Waals surface area contributed by atoms with E-state index in [1.807, 2.05) is 0 Å². The second kappa shape index (κ2) is 4.58. The van der Waals surface area contributed by atoms with E-state index in [0.717, 1.165) is 6.54 Å². The zero-order valence-electron chi connectivity index (χ0n) is 8.29. The Balaban J connectivity index is 2.37. The summed E-state index contributed by atoms with van der Waals surface area (Å²) in [6.07, 6.45) is 2.45. The van der Waals surface area contributed by atoms with Crippen LogP contribution in [-0.4, -0.2) is 48.2 Å². The van der Waals surface area contributed by atoms with Gasteiger partial charge in [-0.05, 0) is 26.4 Å². The topological polar surface area (TPSA) is 52.6 Å². The van der Waals surface area contributed by atoms with Gasteiger partial charge in [-0.3, -0.25) is 9.69 Å². The van der Waals surface area contributed by atoms with Crippen molar-refractivity contribution in [2.75, 3.05) is 20.1 Å². The van der Waals surface area contributed by atoms with E-state index in [9.17, 15) is 4.79 Å². The minimum Gasteiger partial charge on any atom is -0.480 e. The number of carboxylic acids is 1. The predicted molar refractivity (Wildman–Crippen MR) is 50.8 cm³/mol. The lowest BCUT2D eigenvalue weighted by molar-refractivity contribution is -0.139. The van der Waals surface area contributed by atoms with Gasteiger partial charge in [-0.25, -0.2) is 0 Å². The zero-order chi connectivity index (χ0) is 9.84. The van der Waals surface area contributed by atoms with Crippen molar-refractivity contribution in [3.05, 3.63) is 0 Å². The number of aliphatic carboxylic acids is 1. The van der Waals surface area contributed by atoms with Crippen molar-refractivity contribution in [3.8, 4) is 0 Å². The van der Waals surface area contributed by atoms with Crippen LogP contribution in [0.2, 0.25) is 0 Å². The van der Waals surface area contributed by atoms with Gasteiger partial charge in [0.25, 0.3) is 0 Å². The first kappa shape index (κ1) is 10.5. The Kier molecular flexibility index (Phi) is 3.69. The van der Waals surface area contributed by atoms with E-state index in [2.05, 4.69) is 17.1 Å². The molecule has 2 N–H and O–H groups in total. The van der Waals surface area contributed by atoms with Crippen molar-refractivity contribution < 1.29 is 9.90 Å². The van der Waals surface area contributed by atoms with Crippen molar-refractivity contribution in [2.24, 2.45) is 0 Å². The molecule has 13 heavy (non-hydrogen) atoms. The van der Waals surface area contributed by atoms with E-state index in [1.165, 1.54) is 12.8 Å². The fraction of sp³-hybridized carbons (Fsp3) is 0.889. The van der Waals surface area contributed by atoms with E-state index < -0.39 is 12.0 Å². The maximum atomic E-state index is 10.7. The van der Waals surface area contributed by atoms with Gasteiger partial charge in [0.2, 0.25) is 0 Å². The number of likely N-dealkylation sites (N-methyl/N-ethyl adjacent to an activating group) is 2. The van der Waals surface area contributed by atoms with E-state index in [4.69, 9.17) is 5.11 Å². The summed E-state index contributed by atoms with van der Waals surface area (Å²) in [5.74, 6) is -0.762. The molecule has 4 nitrogen and oxygen atoms in total. The highest BCUT2D eigenvalue weighted by Crippen LogP contribution is 2.26. The summed E-state index contributed by atoms with van der Waals surface area (Å²) < 4.78 is 0. The van der Waals surface area contributed by atoms with Crippen molar-refractivity contribution in [1.29, 1.82) is 0 Å². The Morgan fingerprint density at radius 2 is 2.31 bits per heavy atom. The Labute approximate surface area is 78.9 Å². The third kappa shape index (κ3) is 2.97. The fourth-order valence-corrected chi connectivity index (χ4v) is 1.50. The van der Waals surface area contributed by atoms with Gasteiger partial charge < -0.3 is 10.4 Å². The fourth-order valence-electron chi connectivity index (χ4n) is 1.50. The second-order valence-corrected chi connectivity index (χ2v) is 3.50. The number of hydrogen-bond donors (Lipinski definition) is 2. The Hall–Kier alpha value is -0.610. The van der Waals surface area contributed by atoms with Crippen molar-refractivity contribution in [2.45, 2.75) is 31.8 Å². The Morgan fingerprint density at radius 1 is 1.69 bits per heavy atom. The van der Waals surface area contributed by atoms with Crippen LogP contribution in [-0.2, 0) is 4.79 Å². The molecule has 0 heterocycles. The predicted octanol–water partition coefficient (Wildman–Crippen LogP) is 0.143. The van der Waals surface area contributed by atoms with Crippen LogP contribution < -0.4 is 5.32 Å². The summed E-state index contributed by atoms with van der Waals surface area (Å²) in [6.45, 7) is 3.63. The average molecular weight is 186 g/mol. The van der Waals surface area contributed by atoms with Crippen LogP contribution >= 0.6 is 0 Å². The third-order valence-corrected chi connectivity index (χ3v) is 2.53. The summed E-state index contributed by atoms with van der Waals surface area (Å²) in [5, 5.41) is 11.6. The van der Waals surface area contributed by atoms with E-state index in [1.54, 1.807) is 7.05 Å². The second-order valence-electron chi connectivity index (χ2n) is 3.50. The standard InChI is InChI=1S/C9H18N2O2/c1-3-11(7-4-5-7)6-8(10-2)9(12)13/h7-8,10H,3-6H2,1-2H3,(H,12,13). The normalized spacial score (nSPS) is 19.0. The van der Waals surface area contributed by atoms with Gasteiger partial charge in [-0.2, -0.15) is 0 Å². The van der Waals surface area contributed by atoms with Crippen molar-refractivity contribution >= 4 is 5.97 Å². The van der Waals surface area contributed by atoms with Gasteiger partial charge in [0, 0.05) is 12.6 Å². The van der Waals surface area contributed by atoms with Crippen LogP contribution in [0.3, 0.4) is 0 Å². The molecule has 1 aliphatic rings. The van der Waals surface area contributed by atoms with Gasteiger partial charge >= 0.3 is 5.97 Å². The molecule has 1 saturated carbocycles. The maximum Gasteiger partial charge on any atom is 0.322 e. The number of carboxylic acid groups (broad SMARTS) is 1. The quantitative estimate of drug-likeness (QED) is 0.619. The molecule has 0 bridgehead atoms. The summed E-state index contributed by atoms with van der Waals surface area (Å²) >= 11 is 0. The molecular formula is C9H18N2O2. The maximum absolute atomic E-state index is 10.7. The van der Waals surface area contributed by atoms with Gasteiger partial charge in [0.05, 0.1) is 0 Å². The lowest BCUT2D eigenvalue weighted by atomic mass is 10.2. The first-order valence-electron chi connectivity index (χ1n) is 4.83. The summed E-state index contributed by atoms with van der Waals surface area (Å²) in [4.78, 5) is 13.0. The molecule has 0 aromatic carbocycles. The Morgan fingerprint density at radius 3 is 2.62 bits per heavy atom. The Bertz CT molecular complexity index is 180. The molecule has 76 valence electrons. The SMILES string of the molecule is CCN(CC(NC)C(=O)O)C1CC1. The molecule has 0 amide bonds. The largest absolute Gasteiger partial charge is 0.480 e. The lowest BCUT2D eigenvalue weighted by Gasteiger charge is -2.23. The van der Waals surface area contributed by atoms with Gasteiger partial charge in [0.15, 0.2) is 0 Å². The summed E-state index contributed by atoms with van der Waals surface area (Å²) in [5.41, 5.74) is 0. The summed E-state index contributed by atoms with van der Waals surface area (Å²) in [7, 11) is 1.69. The molecule has 0 spiro atoms. The molecule has 1 unspecified atom stereocenters. The molecule has 0 aromatic rings. The summed E-state index contributed by atoms with van der Waals surface area (Å²) in [6, 6.07) is 0.209. The minimum atomic E-state index is -0.762. The lowest BCUT2D eigenvalue weighted by Crippen LogP contribution is -2.45. The van der Waals surface area contributed by atoms with Crippen LogP contribution in [0.4, 0.5) is 0 Å². The van der Waals surface area contributed by atoms with Crippen LogP contribution in [0.15, 0.2) is 0 Å². The third-order valence-electron chi connectivity index (χ3n) is 2.53. The smallest absolute Gasteiger partial charge is 0.322 e. The monoisotopic (exact) mass is 186 g/mol. The number of nitrogens with one attached hydrogen (secondary N) is 1. The number of carbonyl (C=O) groups is 1. The molecule has 1 rings (SSSR count). The van der Waals surface area contributed by atoms with E-state index in [-0.39, 0.29) is 0 Å². The average Bonchev–Trinajstić information content (AvgIpc) is 2.89. The molecule has 4 heteroatoms. The highest BCUT2D eigenvalue weighted by molar-refractivity contribution is 5.73. The molecule has 0 aliphatic heterocycles. The van der Waals surface area contributed by atoms with E-state index in [0.29, 0.717) is 12.6 Å². The van der Waals surface area contributed by atoms with Crippen molar-refractivity contribution in [3.63, 3.8) is 0 Å². The number of rotatable bonds is 6. The molecule has 0 radical (unpaired) electrons. The van der Waals surface area contributed by atoms with Gasteiger partial charge in [-0.15, -0.1) is 0 Å². The van der Waals surface area contributed by atoms with Crippen molar-refractivity contribution in [1.82, 2.24) is 10.2 Å². The van der Waals surface area contributed by atoms with E-state index >= 15 is 0 Å². The van der Waals surface area contributed by atoms with Gasteiger partial charge in [0.1, 0.15) is 6.04 Å². The molecule has 0 aromatic heterocycles. The highest BCUT2D eigenvalue weighted by Gasteiger charge is 2.30. The first-order valence-corrected chi connectivity index (χ1v) is 4.83.